The van der Waals surface area contributed by atoms with E-state index in [0.29, 0.717) is 22.7 Å². The Balaban J connectivity index is 1.47. The largest absolute Gasteiger partial charge is 0.397 e. The van der Waals surface area contributed by atoms with Gasteiger partial charge in [-0.05, 0) is 61.9 Å². The Bertz CT molecular complexity index is 1210. The van der Waals surface area contributed by atoms with Crippen LogP contribution in [-0.2, 0) is 9.53 Å². The first-order valence-corrected chi connectivity index (χ1v) is 13.8. The van der Waals surface area contributed by atoms with Gasteiger partial charge in [0.05, 0.1) is 13.2 Å². The summed E-state index contributed by atoms with van der Waals surface area (Å²) in [6.45, 7) is 6.74. The predicted molar refractivity (Wildman–Crippen MR) is 149 cm³/mol. The Hall–Kier alpha value is -3.36. The molecule has 0 radical (unpaired) electrons. The van der Waals surface area contributed by atoms with Crippen LogP contribution in [0.1, 0.15) is 26.2 Å². The third kappa shape index (κ3) is 9.10. The normalized spacial score (nSPS) is 17.5. The van der Waals surface area contributed by atoms with Crippen LogP contribution in [0.5, 0.6) is 0 Å². The van der Waals surface area contributed by atoms with Gasteiger partial charge in [-0.3, -0.25) is 9.69 Å². The lowest BCUT2D eigenvalue weighted by Crippen LogP contribution is -2.49. The van der Waals surface area contributed by atoms with Crippen molar-refractivity contribution in [3.63, 3.8) is 0 Å². The van der Waals surface area contributed by atoms with Crippen molar-refractivity contribution < 1.29 is 22.7 Å². The number of carbonyl (C=O) groups is 1. The van der Waals surface area contributed by atoms with Gasteiger partial charge in [0.2, 0.25) is 5.91 Å². The summed E-state index contributed by atoms with van der Waals surface area (Å²) in [5.74, 6) is 0.380. The minimum absolute atomic E-state index is 0.263. The van der Waals surface area contributed by atoms with E-state index in [1.807, 2.05) is 6.07 Å². The van der Waals surface area contributed by atoms with Gasteiger partial charge < -0.3 is 31.4 Å². The second-order valence-electron chi connectivity index (χ2n) is 9.63. The summed E-state index contributed by atoms with van der Waals surface area (Å²) < 4.78 is 42.8. The van der Waals surface area contributed by atoms with Crippen LogP contribution in [0.3, 0.4) is 0 Å². The maximum atomic E-state index is 12.4. The van der Waals surface area contributed by atoms with E-state index in [1.165, 1.54) is 30.0 Å². The fourth-order valence-electron chi connectivity index (χ4n) is 4.60. The van der Waals surface area contributed by atoms with Crippen molar-refractivity contribution in [1.29, 1.82) is 5.41 Å². The minimum Gasteiger partial charge on any atom is -0.385 e. The van der Waals surface area contributed by atoms with Crippen molar-refractivity contribution in [3.8, 4) is 0 Å². The van der Waals surface area contributed by atoms with Gasteiger partial charge >= 0.3 is 6.18 Å². The van der Waals surface area contributed by atoms with Gasteiger partial charge in [-0.1, -0.05) is 0 Å². The molecular formula is C26H33F3N8O2S. The molecule has 0 unspecified atom stereocenters. The number of hydrogen-bond acceptors (Lipinski definition) is 10. The quantitative estimate of drug-likeness (QED) is 0.257. The first-order valence-electron chi connectivity index (χ1n) is 12.9. The number of hydrogen-bond donors (Lipinski definition) is 4. The second kappa shape index (κ2) is 13.3. The van der Waals surface area contributed by atoms with Crippen LogP contribution in [-0.4, -0.2) is 78.1 Å². The average molecular weight is 579 g/mol. The first-order chi connectivity index (χ1) is 19.0. The van der Waals surface area contributed by atoms with E-state index < -0.39 is 18.5 Å². The van der Waals surface area contributed by atoms with Gasteiger partial charge in [-0.15, -0.1) is 0 Å². The number of alkyl halides is 3. The van der Waals surface area contributed by atoms with Crippen molar-refractivity contribution in [1.82, 2.24) is 14.9 Å². The summed E-state index contributed by atoms with van der Waals surface area (Å²) in [5, 5.41) is 13.4. The monoisotopic (exact) mass is 578 g/mol. The van der Waals surface area contributed by atoms with Crippen LogP contribution in [0.25, 0.3) is 0 Å². The van der Waals surface area contributed by atoms with Crippen LogP contribution in [0.2, 0.25) is 0 Å². The molecule has 2 aliphatic heterocycles. The van der Waals surface area contributed by atoms with Gasteiger partial charge in [0.1, 0.15) is 23.9 Å². The van der Waals surface area contributed by atoms with Crippen molar-refractivity contribution in [3.05, 3.63) is 42.2 Å². The van der Waals surface area contributed by atoms with Crippen LogP contribution >= 0.6 is 11.8 Å². The average Bonchev–Trinajstić information content (AvgIpc) is 2.89. The SMILES string of the molecule is CC(=N)/C=C(\N)Nc1cc(N2CCC(N3CCOCC3)CC2)nc(Sc2ccc(NC(=O)CC(F)(F)F)cc2)n1. The molecule has 2 saturated heterocycles. The molecular weight excluding hydrogens is 545 g/mol. The van der Waals surface area contributed by atoms with Crippen molar-refractivity contribution in [2.24, 2.45) is 5.73 Å². The van der Waals surface area contributed by atoms with E-state index in [9.17, 15) is 18.0 Å². The van der Waals surface area contributed by atoms with Gasteiger partial charge in [0.25, 0.3) is 0 Å². The lowest BCUT2D eigenvalue weighted by Gasteiger charge is -2.40. The van der Waals surface area contributed by atoms with E-state index in [2.05, 4.69) is 25.4 Å². The van der Waals surface area contributed by atoms with E-state index in [4.69, 9.17) is 20.9 Å². The van der Waals surface area contributed by atoms with Crippen molar-refractivity contribution >= 4 is 40.7 Å². The molecule has 4 rings (SSSR count). The summed E-state index contributed by atoms with van der Waals surface area (Å²) in [6.07, 6.45) is -2.60. The number of halogens is 3. The van der Waals surface area contributed by atoms with Gasteiger partial charge in [-0.2, -0.15) is 13.2 Å². The highest BCUT2D eigenvalue weighted by atomic mass is 32.2. The number of allylic oxidation sites excluding steroid dienone is 1. The number of rotatable bonds is 9. The van der Waals surface area contributed by atoms with E-state index in [0.717, 1.165) is 62.9 Å². The molecule has 0 bridgehead atoms. The third-order valence-corrected chi connectivity index (χ3v) is 7.27. The van der Waals surface area contributed by atoms with Gasteiger partial charge in [0, 0.05) is 54.6 Å². The topological polar surface area (TPSA) is 132 Å². The maximum absolute atomic E-state index is 12.4. The second-order valence-corrected chi connectivity index (χ2v) is 10.7. The van der Waals surface area contributed by atoms with Crippen LogP contribution in [0.15, 0.2) is 52.3 Å². The molecule has 3 heterocycles. The number of piperidine rings is 1. The smallest absolute Gasteiger partial charge is 0.385 e. The highest BCUT2D eigenvalue weighted by Crippen LogP contribution is 2.31. The van der Waals surface area contributed by atoms with Crippen molar-refractivity contribution in [2.45, 2.75) is 48.5 Å². The van der Waals surface area contributed by atoms with Crippen molar-refractivity contribution in [2.75, 3.05) is 54.9 Å². The fourth-order valence-corrected chi connectivity index (χ4v) is 5.37. The molecule has 1 aromatic carbocycles. The van der Waals surface area contributed by atoms with Crippen LogP contribution in [0, 0.1) is 5.41 Å². The zero-order valence-corrected chi connectivity index (χ0v) is 22.9. The lowest BCUT2D eigenvalue weighted by molar-refractivity contribution is -0.150. The summed E-state index contributed by atoms with van der Waals surface area (Å²) in [4.78, 5) is 26.4. The summed E-state index contributed by atoms with van der Waals surface area (Å²) in [7, 11) is 0. The Labute approximate surface area is 235 Å². The van der Waals surface area contributed by atoms with Gasteiger partial charge in [-0.25, -0.2) is 9.97 Å². The highest BCUT2D eigenvalue weighted by molar-refractivity contribution is 7.99. The first kappa shape index (κ1) is 29.6. The Morgan fingerprint density at radius 2 is 1.82 bits per heavy atom. The molecule has 0 spiro atoms. The molecule has 40 heavy (non-hydrogen) atoms. The van der Waals surface area contributed by atoms with Gasteiger partial charge in [0.15, 0.2) is 5.16 Å². The molecule has 10 nitrogen and oxygen atoms in total. The standard InChI is InChI=1S/C26H33F3N8O2S/c1-17(30)14-21(31)33-22-15-23(37-8-6-19(7-9-37)36-10-12-39-13-11-36)35-25(34-22)40-20-4-2-18(3-5-20)32-24(38)16-26(27,28)29/h2-5,14-15,19,30H,6-13,16,31H2,1H3,(H,32,38)(H,33,34,35)/b21-14+,30-17?. The minimum atomic E-state index is -4.57. The van der Waals surface area contributed by atoms with E-state index in [1.54, 1.807) is 19.1 Å². The molecule has 2 fully saturated rings. The van der Waals surface area contributed by atoms with E-state index in [-0.39, 0.29) is 11.5 Å². The van der Waals surface area contributed by atoms with E-state index >= 15 is 0 Å². The Morgan fingerprint density at radius 1 is 1.15 bits per heavy atom. The maximum Gasteiger partial charge on any atom is 0.397 e. The number of nitrogens with two attached hydrogens (primary N) is 1. The Morgan fingerprint density at radius 3 is 2.45 bits per heavy atom. The molecule has 216 valence electrons. The zero-order valence-electron chi connectivity index (χ0n) is 22.1. The molecule has 1 amide bonds. The number of benzene rings is 1. The number of amides is 1. The zero-order chi connectivity index (χ0) is 28.7. The molecule has 2 aromatic rings. The van der Waals surface area contributed by atoms with Crippen LogP contribution < -0.4 is 21.3 Å². The molecule has 2 aliphatic rings. The number of nitrogens with one attached hydrogen (secondary N) is 3. The summed E-state index contributed by atoms with van der Waals surface area (Å²) in [6, 6.07) is 8.76. The molecule has 0 atom stereocenters. The number of carbonyl (C=O) groups excluding carboxylic acids is 1. The molecule has 1 aromatic heterocycles. The molecule has 0 saturated carbocycles. The van der Waals surface area contributed by atoms with Crippen LogP contribution in [0.4, 0.5) is 30.5 Å². The highest BCUT2D eigenvalue weighted by Gasteiger charge is 2.31. The molecule has 0 aliphatic carbocycles. The molecule has 14 heteroatoms. The number of ether oxygens (including phenoxy) is 1. The Kier molecular flexibility index (Phi) is 9.87. The molecule has 5 N–H and O–H groups in total. The number of anilines is 3. The predicted octanol–water partition coefficient (Wildman–Crippen LogP) is 4.07. The summed E-state index contributed by atoms with van der Waals surface area (Å²) in [5.41, 5.74) is 6.60. The number of nitrogens with zero attached hydrogens (tertiary/aromatic N) is 4. The lowest BCUT2D eigenvalue weighted by atomic mass is 10.0. The summed E-state index contributed by atoms with van der Waals surface area (Å²) >= 11 is 1.28. The number of aromatic nitrogens is 2. The number of morpholine rings is 1. The fraction of sp³-hybridized carbons (Fsp3) is 0.462. The third-order valence-electron chi connectivity index (χ3n) is 6.40.